The second-order valence-corrected chi connectivity index (χ2v) is 5.11. The van der Waals surface area contributed by atoms with Crippen LogP contribution in [0.5, 0.6) is 0 Å². The highest BCUT2D eigenvalue weighted by Crippen LogP contribution is 2.28. The van der Waals surface area contributed by atoms with Crippen LogP contribution in [-0.2, 0) is 0 Å². The molecule has 1 N–H and O–H groups in total. The van der Waals surface area contributed by atoms with Gasteiger partial charge in [-0.25, -0.2) is 0 Å². The van der Waals surface area contributed by atoms with Crippen LogP contribution in [0.25, 0.3) is 0 Å². The molecule has 20 heavy (non-hydrogen) atoms. The van der Waals surface area contributed by atoms with Crippen molar-refractivity contribution in [2.45, 2.75) is 19.9 Å². The van der Waals surface area contributed by atoms with Gasteiger partial charge in [0.15, 0.2) is 0 Å². The smallest absolute Gasteiger partial charge is 0.269 e. The number of benzene rings is 2. The van der Waals surface area contributed by atoms with Crippen molar-refractivity contribution in [2.24, 2.45) is 0 Å². The number of aryl methyl sites for hydroxylation is 1. The lowest BCUT2D eigenvalue weighted by molar-refractivity contribution is -0.384. The molecule has 0 saturated heterocycles. The Kier molecular flexibility index (Phi) is 4.25. The number of rotatable bonds is 4. The number of nitrogens with one attached hydrogen (secondary N) is 1. The topological polar surface area (TPSA) is 55.2 Å². The lowest BCUT2D eigenvalue weighted by atomic mass is 10.1. The summed E-state index contributed by atoms with van der Waals surface area (Å²) in [4.78, 5) is 10.4. The van der Waals surface area contributed by atoms with E-state index in [9.17, 15) is 10.1 Å². The molecular formula is C15H15ClN2O2. The molecule has 0 aliphatic carbocycles. The standard InChI is InChI=1S/C15H15ClN2O2/c1-10-6-7-15(14(16)8-10)17-11(2)12-4-3-5-13(9-12)18(19)20/h3-9,11,17H,1-2H3. The molecule has 0 bridgehead atoms. The SMILES string of the molecule is Cc1ccc(NC(C)c2cccc([N+](=O)[O-])c2)c(Cl)c1. The minimum atomic E-state index is -0.394. The Morgan fingerprint density at radius 1 is 1.25 bits per heavy atom. The predicted octanol–water partition coefficient (Wildman–Crippen LogP) is 4.73. The second-order valence-electron chi connectivity index (χ2n) is 4.70. The number of nitro groups is 1. The highest BCUT2D eigenvalue weighted by atomic mass is 35.5. The van der Waals surface area contributed by atoms with Crippen LogP contribution in [0.2, 0.25) is 5.02 Å². The molecular weight excluding hydrogens is 276 g/mol. The van der Waals surface area contributed by atoms with E-state index in [2.05, 4.69) is 5.32 Å². The van der Waals surface area contributed by atoms with Crippen molar-refractivity contribution in [3.05, 3.63) is 68.7 Å². The Morgan fingerprint density at radius 2 is 2.00 bits per heavy atom. The number of nitrogens with zero attached hydrogens (tertiary/aromatic N) is 1. The summed E-state index contributed by atoms with van der Waals surface area (Å²) >= 11 is 6.17. The molecule has 2 aromatic rings. The highest BCUT2D eigenvalue weighted by molar-refractivity contribution is 6.33. The third-order valence-corrected chi connectivity index (χ3v) is 3.39. The predicted molar refractivity (Wildman–Crippen MR) is 81.3 cm³/mol. The van der Waals surface area contributed by atoms with Crippen LogP contribution in [0.4, 0.5) is 11.4 Å². The summed E-state index contributed by atoms with van der Waals surface area (Å²) in [7, 11) is 0. The van der Waals surface area contributed by atoms with Crippen LogP contribution in [0.15, 0.2) is 42.5 Å². The fourth-order valence-electron chi connectivity index (χ4n) is 1.96. The molecule has 5 heteroatoms. The molecule has 0 saturated carbocycles. The fraction of sp³-hybridized carbons (Fsp3) is 0.200. The maximum Gasteiger partial charge on any atom is 0.269 e. The average Bonchev–Trinajstić information content (AvgIpc) is 2.42. The van der Waals surface area contributed by atoms with Gasteiger partial charge < -0.3 is 5.32 Å². The largest absolute Gasteiger partial charge is 0.377 e. The normalized spacial score (nSPS) is 11.9. The van der Waals surface area contributed by atoms with E-state index in [0.29, 0.717) is 5.02 Å². The molecule has 0 aromatic heterocycles. The van der Waals surface area contributed by atoms with Gasteiger partial charge in [-0.1, -0.05) is 29.8 Å². The maximum atomic E-state index is 10.8. The summed E-state index contributed by atoms with van der Waals surface area (Å²) in [6, 6.07) is 12.3. The summed E-state index contributed by atoms with van der Waals surface area (Å²) in [6.45, 7) is 3.91. The minimum Gasteiger partial charge on any atom is -0.377 e. The van der Waals surface area contributed by atoms with E-state index >= 15 is 0 Å². The summed E-state index contributed by atoms with van der Waals surface area (Å²) in [5, 5.41) is 14.7. The van der Waals surface area contributed by atoms with Crippen LogP contribution in [0.3, 0.4) is 0 Å². The Labute approximate surface area is 122 Å². The Bertz CT molecular complexity index is 644. The molecule has 1 atom stereocenters. The third kappa shape index (κ3) is 3.27. The number of anilines is 1. The van der Waals surface area contributed by atoms with Crippen molar-refractivity contribution in [3.63, 3.8) is 0 Å². The Morgan fingerprint density at radius 3 is 2.65 bits per heavy atom. The van der Waals surface area contributed by atoms with Gasteiger partial charge in [-0.3, -0.25) is 10.1 Å². The average molecular weight is 291 g/mol. The molecule has 1 unspecified atom stereocenters. The van der Waals surface area contributed by atoms with Gasteiger partial charge in [-0.05, 0) is 37.1 Å². The van der Waals surface area contributed by atoms with Gasteiger partial charge in [0.05, 0.1) is 15.6 Å². The second kappa shape index (κ2) is 5.92. The molecule has 4 nitrogen and oxygen atoms in total. The van der Waals surface area contributed by atoms with Crippen molar-refractivity contribution in [3.8, 4) is 0 Å². The minimum absolute atomic E-state index is 0.0740. The van der Waals surface area contributed by atoms with E-state index in [-0.39, 0.29) is 11.7 Å². The van der Waals surface area contributed by atoms with Crippen LogP contribution in [0, 0.1) is 17.0 Å². The molecule has 0 radical (unpaired) electrons. The van der Waals surface area contributed by atoms with Gasteiger partial charge in [0, 0.05) is 18.2 Å². The van der Waals surface area contributed by atoms with Gasteiger partial charge in [-0.15, -0.1) is 0 Å². The first kappa shape index (κ1) is 14.3. The van der Waals surface area contributed by atoms with Gasteiger partial charge in [0.2, 0.25) is 0 Å². The van der Waals surface area contributed by atoms with E-state index in [1.54, 1.807) is 12.1 Å². The third-order valence-electron chi connectivity index (χ3n) is 3.08. The van der Waals surface area contributed by atoms with Gasteiger partial charge in [-0.2, -0.15) is 0 Å². The van der Waals surface area contributed by atoms with E-state index in [4.69, 9.17) is 11.6 Å². The van der Waals surface area contributed by atoms with Crippen molar-refractivity contribution in [1.82, 2.24) is 0 Å². The Balaban J connectivity index is 2.21. The van der Waals surface area contributed by atoms with Crippen molar-refractivity contribution in [1.29, 1.82) is 0 Å². The number of hydrogen-bond donors (Lipinski definition) is 1. The van der Waals surface area contributed by atoms with Gasteiger partial charge >= 0.3 is 0 Å². The van der Waals surface area contributed by atoms with Crippen molar-refractivity contribution >= 4 is 23.0 Å². The molecule has 104 valence electrons. The molecule has 0 aliphatic rings. The molecule has 0 fully saturated rings. The zero-order chi connectivity index (χ0) is 14.7. The lowest BCUT2D eigenvalue weighted by Gasteiger charge is -2.17. The molecule has 0 aliphatic heterocycles. The van der Waals surface area contributed by atoms with E-state index in [0.717, 1.165) is 16.8 Å². The number of non-ortho nitro benzene ring substituents is 1. The number of nitro benzene ring substituents is 1. The first-order chi connectivity index (χ1) is 9.47. The van der Waals surface area contributed by atoms with Crippen LogP contribution in [-0.4, -0.2) is 4.92 Å². The number of halogens is 1. The molecule has 0 amide bonds. The van der Waals surface area contributed by atoms with E-state index < -0.39 is 4.92 Å². The molecule has 0 spiro atoms. The van der Waals surface area contributed by atoms with Crippen molar-refractivity contribution < 1.29 is 4.92 Å². The summed E-state index contributed by atoms with van der Waals surface area (Å²) in [5.74, 6) is 0. The lowest BCUT2D eigenvalue weighted by Crippen LogP contribution is -2.07. The Hall–Kier alpha value is -2.07. The molecule has 2 rings (SSSR count). The van der Waals surface area contributed by atoms with Gasteiger partial charge in [0.1, 0.15) is 0 Å². The first-order valence-electron chi connectivity index (χ1n) is 6.24. The van der Waals surface area contributed by atoms with Crippen molar-refractivity contribution in [2.75, 3.05) is 5.32 Å². The summed E-state index contributed by atoms with van der Waals surface area (Å²) in [5.41, 5.74) is 2.84. The van der Waals surface area contributed by atoms with Crippen LogP contribution >= 0.6 is 11.6 Å². The summed E-state index contributed by atoms with van der Waals surface area (Å²) in [6.07, 6.45) is 0. The van der Waals surface area contributed by atoms with Gasteiger partial charge in [0.25, 0.3) is 5.69 Å². The maximum absolute atomic E-state index is 10.8. The van der Waals surface area contributed by atoms with Crippen LogP contribution in [0.1, 0.15) is 24.1 Å². The quantitative estimate of drug-likeness (QED) is 0.654. The summed E-state index contributed by atoms with van der Waals surface area (Å²) < 4.78 is 0. The monoisotopic (exact) mass is 290 g/mol. The zero-order valence-corrected chi connectivity index (χ0v) is 12.0. The molecule has 0 heterocycles. The first-order valence-corrected chi connectivity index (χ1v) is 6.62. The van der Waals surface area contributed by atoms with Crippen LogP contribution < -0.4 is 5.32 Å². The fourth-order valence-corrected chi connectivity index (χ4v) is 2.25. The number of hydrogen-bond acceptors (Lipinski definition) is 3. The highest BCUT2D eigenvalue weighted by Gasteiger charge is 2.12. The van der Waals surface area contributed by atoms with E-state index in [1.807, 2.05) is 38.1 Å². The van der Waals surface area contributed by atoms with E-state index in [1.165, 1.54) is 6.07 Å². The molecule has 2 aromatic carbocycles. The zero-order valence-electron chi connectivity index (χ0n) is 11.3.